The van der Waals surface area contributed by atoms with E-state index < -0.39 is 5.97 Å². The highest BCUT2D eigenvalue weighted by atomic mass is 32.2. The molecule has 0 spiro atoms. The minimum Gasteiger partial charge on any atom is -0.477 e. The number of hydrogen-bond acceptors (Lipinski definition) is 4. The van der Waals surface area contributed by atoms with Crippen molar-refractivity contribution in [3.63, 3.8) is 0 Å². The zero-order chi connectivity index (χ0) is 14.0. The Labute approximate surface area is 115 Å². The summed E-state index contributed by atoms with van der Waals surface area (Å²) in [5.74, 6) is -0.965. The van der Waals surface area contributed by atoms with Crippen LogP contribution in [0.2, 0.25) is 0 Å². The average Bonchev–Trinajstić information content (AvgIpc) is 2.72. The number of nitrogens with zero attached hydrogens (tertiary/aromatic N) is 1. The molecule has 100 valence electrons. The van der Waals surface area contributed by atoms with Crippen molar-refractivity contribution in [2.75, 3.05) is 5.73 Å². The number of H-pyrrole nitrogens is 1. The van der Waals surface area contributed by atoms with E-state index in [9.17, 15) is 4.79 Å². The summed E-state index contributed by atoms with van der Waals surface area (Å²) in [6.07, 6.45) is 0. The Bertz CT molecular complexity index is 590. The van der Waals surface area contributed by atoms with Gasteiger partial charge in [-0.15, -0.1) is 11.8 Å². The van der Waals surface area contributed by atoms with Crippen molar-refractivity contribution in [1.29, 1.82) is 0 Å². The number of nitrogens with one attached hydrogen (secondary N) is 1. The third-order valence-electron chi connectivity index (χ3n) is 2.44. The van der Waals surface area contributed by atoms with Gasteiger partial charge in [0.2, 0.25) is 0 Å². The Morgan fingerprint density at radius 2 is 2.00 bits per heavy atom. The molecule has 1 heterocycles. The van der Waals surface area contributed by atoms with Crippen LogP contribution in [0.5, 0.6) is 0 Å². The van der Waals surface area contributed by atoms with Crippen LogP contribution in [0.1, 0.15) is 24.3 Å². The van der Waals surface area contributed by atoms with E-state index >= 15 is 0 Å². The van der Waals surface area contributed by atoms with Crippen molar-refractivity contribution in [3.05, 3.63) is 30.0 Å². The number of carbonyl (C=O) groups is 1. The largest absolute Gasteiger partial charge is 0.477 e. The number of rotatable bonds is 4. The SMILES string of the molecule is CC(C)Sc1ccc(-c2nc(N)[nH]c2C(=O)O)cc1. The zero-order valence-electron chi connectivity index (χ0n) is 10.7. The van der Waals surface area contributed by atoms with Crippen molar-refractivity contribution in [1.82, 2.24) is 9.97 Å². The minimum absolute atomic E-state index is 0.0155. The normalized spacial score (nSPS) is 10.9. The molecule has 1 aromatic carbocycles. The summed E-state index contributed by atoms with van der Waals surface area (Å²) in [5, 5.41) is 9.58. The molecule has 0 saturated heterocycles. The number of anilines is 1. The van der Waals surface area contributed by atoms with Gasteiger partial charge in [-0.2, -0.15) is 0 Å². The van der Waals surface area contributed by atoms with Crippen LogP contribution in [0.15, 0.2) is 29.2 Å². The number of nitrogens with two attached hydrogens (primary N) is 1. The Kier molecular flexibility index (Phi) is 3.80. The van der Waals surface area contributed by atoms with Gasteiger partial charge in [0.15, 0.2) is 11.6 Å². The number of imidazole rings is 1. The van der Waals surface area contributed by atoms with Gasteiger partial charge in [-0.05, 0) is 12.1 Å². The van der Waals surface area contributed by atoms with Gasteiger partial charge in [0.25, 0.3) is 0 Å². The lowest BCUT2D eigenvalue weighted by molar-refractivity contribution is 0.0692. The lowest BCUT2D eigenvalue weighted by Gasteiger charge is -2.05. The van der Waals surface area contributed by atoms with Gasteiger partial charge in [-0.1, -0.05) is 26.0 Å². The van der Waals surface area contributed by atoms with E-state index in [1.807, 2.05) is 24.3 Å². The molecule has 0 aliphatic carbocycles. The molecule has 2 aromatic rings. The molecule has 0 atom stereocenters. The van der Waals surface area contributed by atoms with Crippen LogP contribution in [0, 0.1) is 0 Å². The van der Waals surface area contributed by atoms with Crippen LogP contribution in [-0.2, 0) is 0 Å². The second-order valence-electron chi connectivity index (χ2n) is 4.34. The summed E-state index contributed by atoms with van der Waals surface area (Å²) in [6, 6.07) is 7.62. The van der Waals surface area contributed by atoms with Crippen LogP contribution < -0.4 is 5.73 Å². The monoisotopic (exact) mass is 277 g/mol. The zero-order valence-corrected chi connectivity index (χ0v) is 11.5. The highest BCUT2D eigenvalue weighted by molar-refractivity contribution is 7.99. The maximum atomic E-state index is 11.1. The summed E-state index contributed by atoms with van der Waals surface area (Å²) in [4.78, 5) is 18.8. The molecule has 0 aliphatic heterocycles. The standard InChI is InChI=1S/C13H15N3O2S/c1-7(2)19-9-5-3-8(4-6-9)10-11(12(17)18)16-13(14)15-10/h3-7H,1-2H3,(H,17,18)(H3,14,15,16). The predicted molar refractivity (Wildman–Crippen MR) is 76.4 cm³/mol. The number of nitrogen functional groups attached to an aromatic ring is 1. The van der Waals surface area contributed by atoms with Crippen LogP contribution in [0.4, 0.5) is 5.95 Å². The van der Waals surface area contributed by atoms with E-state index in [0.29, 0.717) is 10.9 Å². The number of thioether (sulfide) groups is 1. The molecular weight excluding hydrogens is 262 g/mol. The predicted octanol–water partition coefficient (Wildman–Crippen LogP) is 2.86. The first-order valence-corrected chi connectivity index (χ1v) is 6.71. The molecule has 2 rings (SSSR count). The van der Waals surface area contributed by atoms with E-state index in [-0.39, 0.29) is 11.6 Å². The molecule has 0 unspecified atom stereocenters. The number of carboxylic acids is 1. The number of aromatic carboxylic acids is 1. The van der Waals surface area contributed by atoms with Crippen LogP contribution in [-0.4, -0.2) is 26.3 Å². The number of hydrogen-bond donors (Lipinski definition) is 3. The van der Waals surface area contributed by atoms with E-state index in [1.54, 1.807) is 11.8 Å². The fourth-order valence-electron chi connectivity index (χ4n) is 1.72. The van der Waals surface area contributed by atoms with Gasteiger partial charge in [0.05, 0.1) is 0 Å². The summed E-state index contributed by atoms with van der Waals surface area (Å²) in [6.45, 7) is 4.24. The summed E-state index contributed by atoms with van der Waals surface area (Å²) in [5.41, 5.74) is 6.63. The number of aromatic amines is 1. The van der Waals surface area contributed by atoms with E-state index in [4.69, 9.17) is 10.8 Å². The van der Waals surface area contributed by atoms with Gasteiger partial charge >= 0.3 is 5.97 Å². The van der Waals surface area contributed by atoms with Gasteiger partial charge in [0, 0.05) is 15.7 Å². The Balaban J connectivity index is 2.34. The minimum atomic E-state index is -1.07. The molecule has 0 aliphatic rings. The highest BCUT2D eigenvalue weighted by Crippen LogP contribution is 2.27. The van der Waals surface area contributed by atoms with Crippen molar-refractivity contribution in [3.8, 4) is 11.3 Å². The smallest absolute Gasteiger partial charge is 0.354 e. The van der Waals surface area contributed by atoms with E-state index in [1.165, 1.54) is 0 Å². The maximum absolute atomic E-state index is 11.1. The highest BCUT2D eigenvalue weighted by Gasteiger charge is 2.16. The van der Waals surface area contributed by atoms with Crippen molar-refractivity contribution >= 4 is 23.7 Å². The topological polar surface area (TPSA) is 92.0 Å². The quantitative estimate of drug-likeness (QED) is 0.747. The summed E-state index contributed by atoms with van der Waals surface area (Å²) < 4.78 is 0. The molecule has 1 aromatic heterocycles. The number of benzene rings is 1. The maximum Gasteiger partial charge on any atom is 0.354 e. The first-order valence-electron chi connectivity index (χ1n) is 5.83. The average molecular weight is 277 g/mol. The first kappa shape index (κ1) is 13.5. The fraction of sp³-hybridized carbons (Fsp3) is 0.231. The van der Waals surface area contributed by atoms with Gasteiger partial charge in [-0.3, -0.25) is 0 Å². The molecule has 19 heavy (non-hydrogen) atoms. The van der Waals surface area contributed by atoms with Crippen LogP contribution in [0.25, 0.3) is 11.3 Å². The van der Waals surface area contributed by atoms with Gasteiger partial charge in [-0.25, -0.2) is 9.78 Å². The molecule has 0 amide bonds. The number of aromatic nitrogens is 2. The van der Waals surface area contributed by atoms with E-state index in [0.717, 1.165) is 10.5 Å². The second kappa shape index (κ2) is 5.36. The molecule has 0 fully saturated rings. The second-order valence-corrected chi connectivity index (χ2v) is 5.99. The lowest BCUT2D eigenvalue weighted by atomic mass is 10.1. The third-order valence-corrected chi connectivity index (χ3v) is 3.45. The molecule has 6 heteroatoms. The summed E-state index contributed by atoms with van der Waals surface area (Å²) >= 11 is 1.75. The lowest BCUT2D eigenvalue weighted by Crippen LogP contribution is -1.99. The van der Waals surface area contributed by atoms with Gasteiger partial charge in [0.1, 0.15) is 5.69 Å². The molecule has 4 N–H and O–H groups in total. The molecule has 5 nitrogen and oxygen atoms in total. The molecule has 0 saturated carbocycles. The number of carboxylic acid groups (broad SMARTS) is 1. The summed E-state index contributed by atoms with van der Waals surface area (Å²) in [7, 11) is 0. The van der Waals surface area contributed by atoms with Crippen LogP contribution in [0.3, 0.4) is 0 Å². The fourth-order valence-corrected chi connectivity index (χ4v) is 2.56. The van der Waals surface area contributed by atoms with Gasteiger partial charge < -0.3 is 15.8 Å². The Morgan fingerprint density at radius 1 is 1.37 bits per heavy atom. The molecule has 0 bridgehead atoms. The van der Waals surface area contributed by atoms with Crippen molar-refractivity contribution in [2.24, 2.45) is 0 Å². The Morgan fingerprint density at radius 3 is 2.53 bits per heavy atom. The molecule has 0 radical (unpaired) electrons. The van der Waals surface area contributed by atoms with Crippen molar-refractivity contribution < 1.29 is 9.90 Å². The first-order chi connectivity index (χ1) is 8.97. The van der Waals surface area contributed by atoms with E-state index in [2.05, 4.69) is 23.8 Å². The third kappa shape index (κ3) is 3.08. The Hall–Kier alpha value is -1.95. The molecular formula is C13H15N3O2S. The van der Waals surface area contributed by atoms with Crippen LogP contribution >= 0.6 is 11.8 Å². The van der Waals surface area contributed by atoms with Crippen molar-refractivity contribution in [2.45, 2.75) is 24.0 Å².